The first-order valence-electron chi connectivity index (χ1n) is 16.1. The van der Waals surface area contributed by atoms with Gasteiger partial charge in [-0.05, 0) is 67.1 Å². The highest BCUT2D eigenvalue weighted by molar-refractivity contribution is 6.09. The summed E-state index contributed by atoms with van der Waals surface area (Å²) in [5, 5.41) is 24.4. The molecule has 5 aromatic carbocycles. The summed E-state index contributed by atoms with van der Waals surface area (Å²) in [5.74, 6) is 0.739. The molecule has 0 spiro atoms. The van der Waals surface area contributed by atoms with Gasteiger partial charge in [0.15, 0.2) is 0 Å². The van der Waals surface area contributed by atoms with Gasteiger partial charge in [-0.3, -0.25) is 4.57 Å². The minimum atomic E-state index is 0.505. The molecule has 230 valence electrons. The SMILES string of the molecule is C=C/C=C\c1c(C)c2ccccc2n1-c1ccc(C#N)cc1-c1cccc(-c2cccnc2-n2c3ccccc3c3ccccc32)c1C#N. The maximum atomic E-state index is 11.0. The van der Waals surface area contributed by atoms with E-state index in [-0.39, 0.29) is 0 Å². The normalized spacial score (nSPS) is 11.3. The van der Waals surface area contributed by atoms with Gasteiger partial charge in [0.25, 0.3) is 0 Å². The van der Waals surface area contributed by atoms with Crippen molar-refractivity contribution in [2.75, 3.05) is 0 Å². The van der Waals surface area contributed by atoms with Gasteiger partial charge in [-0.25, -0.2) is 4.98 Å². The van der Waals surface area contributed by atoms with E-state index in [9.17, 15) is 10.5 Å². The van der Waals surface area contributed by atoms with Crippen molar-refractivity contribution >= 4 is 38.8 Å². The lowest BCUT2D eigenvalue weighted by molar-refractivity contribution is 1.08. The number of aryl methyl sites for hydroxylation is 1. The van der Waals surface area contributed by atoms with Crippen LogP contribution in [0.2, 0.25) is 0 Å². The predicted molar refractivity (Wildman–Crippen MR) is 200 cm³/mol. The Morgan fingerprint density at radius 1 is 0.633 bits per heavy atom. The highest BCUT2D eigenvalue weighted by atomic mass is 15.1. The highest BCUT2D eigenvalue weighted by Crippen LogP contribution is 2.41. The average molecular weight is 628 g/mol. The summed E-state index contributed by atoms with van der Waals surface area (Å²) in [5.41, 5.74) is 10.2. The molecule has 0 aliphatic carbocycles. The van der Waals surface area contributed by atoms with Crippen molar-refractivity contribution in [3.63, 3.8) is 0 Å². The minimum Gasteiger partial charge on any atom is -0.309 e. The first kappa shape index (κ1) is 29.5. The van der Waals surface area contributed by atoms with E-state index in [0.717, 1.165) is 77.7 Å². The van der Waals surface area contributed by atoms with E-state index in [1.165, 1.54) is 0 Å². The van der Waals surface area contributed by atoms with Crippen molar-refractivity contribution in [1.29, 1.82) is 10.5 Å². The predicted octanol–water partition coefficient (Wildman–Crippen LogP) is 10.7. The molecule has 8 rings (SSSR count). The summed E-state index contributed by atoms with van der Waals surface area (Å²) in [6.45, 7) is 6.01. The molecule has 49 heavy (non-hydrogen) atoms. The summed E-state index contributed by atoms with van der Waals surface area (Å²) in [4.78, 5) is 4.94. The van der Waals surface area contributed by atoms with Crippen LogP contribution in [0, 0.1) is 29.6 Å². The third-order valence-electron chi connectivity index (χ3n) is 9.27. The van der Waals surface area contributed by atoms with Crippen LogP contribution >= 0.6 is 0 Å². The monoisotopic (exact) mass is 627 g/mol. The molecule has 0 unspecified atom stereocenters. The Labute approximate surface area is 284 Å². The number of nitriles is 2. The van der Waals surface area contributed by atoms with Crippen LogP contribution < -0.4 is 0 Å². The number of hydrogen-bond acceptors (Lipinski definition) is 3. The lowest BCUT2D eigenvalue weighted by Gasteiger charge is -2.19. The van der Waals surface area contributed by atoms with Crippen molar-refractivity contribution in [2.45, 2.75) is 6.92 Å². The lowest BCUT2D eigenvalue weighted by Crippen LogP contribution is -2.03. The Morgan fingerprint density at radius 3 is 1.90 bits per heavy atom. The molecule has 8 aromatic rings. The van der Waals surface area contributed by atoms with Gasteiger partial charge < -0.3 is 4.57 Å². The van der Waals surface area contributed by atoms with E-state index in [1.807, 2.05) is 78.9 Å². The van der Waals surface area contributed by atoms with Gasteiger partial charge in [-0.2, -0.15) is 10.5 Å². The maximum Gasteiger partial charge on any atom is 0.145 e. The fourth-order valence-electron chi connectivity index (χ4n) is 7.11. The van der Waals surface area contributed by atoms with Gasteiger partial charge in [0.2, 0.25) is 0 Å². The fraction of sp³-hybridized carbons (Fsp3) is 0.0227. The molecule has 3 heterocycles. The summed E-state index contributed by atoms with van der Waals surface area (Å²) in [7, 11) is 0. The van der Waals surface area contributed by atoms with Crippen LogP contribution in [-0.4, -0.2) is 14.1 Å². The molecule has 0 aliphatic heterocycles. The topological polar surface area (TPSA) is 70.3 Å². The third kappa shape index (κ3) is 4.65. The molecule has 0 aliphatic rings. The Morgan fingerprint density at radius 2 is 1.24 bits per heavy atom. The first-order valence-corrected chi connectivity index (χ1v) is 16.1. The number of para-hydroxylation sites is 3. The van der Waals surface area contributed by atoms with Gasteiger partial charge in [0.05, 0.1) is 39.4 Å². The molecule has 5 nitrogen and oxygen atoms in total. The number of pyridine rings is 1. The van der Waals surface area contributed by atoms with E-state index in [0.29, 0.717) is 11.1 Å². The van der Waals surface area contributed by atoms with E-state index in [4.69, 9.17) is 4.98 Å². The second-order valence-corrected chi connectivity index (χ2v) is 11.9. The Balaban J connectivity index is 1.42. The molecule has 0 saturated carbocycles. The quantitative estimate of drug-likeness (QED) is 0.172. The molecule has 0 radical (unpaired) electrons. The van der Waals surface area contributed by atoms with E-state index in [2.05, 4.69) is 89.4 Å². The molecule has 0 saturated heterocycles. The Bertz CT molecular complexity index is 2670. The van der Waals surface area contributed by atoms with Crippen LogP contribution in [0.15, 0.2) is 146 Å². The lowest BCUT2D eigenvalue weighted by atomic mass is 9.91. The first-order chi connectivity index (χ1) is 24.1. The number of benzene rings is 5. The van der Waals surface area contributed by atoms with E-state index < -0.39 is 0 Å². The molecule has 0 amide bonds. The number of hydrogen-bond donors (Lipinski definition) is 0. The second kappa shape index (κ2) is 12.0. The summed E-state index contributed by atoms with van der Waals surface area (Å²) < 4.78 is 4.39. The number of fused-ring (bicyclic) bond motifs is 4. The van der Waals surface area contributed by atoms with Crippen molar-refractivity contribution in [1.82, 2.24) is 14.1 Å². The summed E-state index contributed by atoms with van der Waals surface area (Å²) >= 11 is 0. The van der Waals surface area contributed by atoms with Crippen LogP contribution in [0.4, 0.5) is 0 Å². The van der Waals surface area contributed by atoms with Gasteiger partial charge in [0.1, 0.15) is 11.9 Å². The Kier molecular flexibility index (Phi) is 7.22. The van der Waals surface area contributed by atoms with Gasteiger partial charge >= 0.3 is 0 Å². The second-order valence-electron chi connectivity index (χ2n) is 11.9. The van der Waals surface area contributed by atoms with Crippen molar-refractivity contribution < 1.29 is 0 Å². The Hall–Kier alpha value is -6.95. The smallest absolute Gasteiger partial charge is 0.145 e. The zero-order valence-corrected chi connectivity index (χ0v) is 26.8. The summed E-state index contributed by atoms with van der Waals surface area (Å²) in [6.07, 6.45) is 7.55. The molecule has 3 aromatic heterocycles. The minimum absolute atomic E-state index is 0.505. The fourth-order valence-corrected chi connectivity index (χ4v) is 7.11. The molecular formula is C44H29N5. The largest absolute Gasteiger partial charge is 0.309 e. The molecule has 0 fully saturated rings. The highest BCUT2D eigenvalue weighted by Gasteiger charge is 2.23. The molecule has 0 atom stereocenters. The van der Waals surface area contributed by atoms with Crippen LogP contribution in [0.1, 0.15) is 22.4 Å². The van der Waals surface area contributed by atoms with Crippen molar-refractivity contribution in [2.24, 2.45) is 0 Å². The van der Waals surface area contributed by atoms with Crippen LogP contribution in [-0.2, 0) is 0 Å². The number of rotatable bonds is 6. The summed E-state index contributed by atoms with van der Waals surface area (Å²) in [6, 6.07) is 45.4. The van der Waals surface area contributed by atoms with Gasteiger partial charge in [0, 0.05) is 50.3 Å². The third-order valence-corrected chi connectivity index (χ3v) is 9.27. The van der Waals surface area contributed by atoms with Gasteiger partial charge in [-0.1, -0.05) is 91.5 Å². The molecule has 0 bridgehead atoms. The van der Waals surface area contributed by atoms with Crippen LogP contribution in [0.3, 0.4) is 0 Å². The van der Waals surface area contributed by atoms with Crippen LogP contribution in [0.25, 0.3) is 72.5 Å². The zero-order valence-electron chi connectivity index (χ0n) is 26.8. The molecule has 0 N–H and O–H groups in total. The average Bonchev–Trinajstić information content (AvgIpc) is 3.64. The van der Waals surface area contributed by atoms with Crippen molar-refractivity contribution in [3.05, 3.63) is 169 Å². The molecule has 5 heteroatoms. The zero-order chi connectivity index (χ0) is 33.5. The van der Waals surface area contributed by atoms with E-state index >= 15 is 0 Å². The standard InChI is InChI=1S/C44H29N5/c1-3-4-19-39-29(2)31-13-5-8-20-40(31)48(39)43-24-23-30(27-45)26-37(43)33-17-11-16-32(38(33)28-46)36-18-12-25-47-44(36)49-41-21-9-6-14-34(41)35-15-7-10-22-42(35)49/h3-26H,1H2,2H3/b19-4-. The van der Waals surface area contributed by atoms with Gasteiger partial charge in [-0.15, -0.1) is 0 Å². The van der Waals surface area contributed by atoms with Crippen LogP contribution in [0.5, 0.6) is 0 Å². The number of allylic oxidation sites excluding steroid dienone is 2. The van der Waals surface area contributed by atoms with E-state index in [1.54, 1.807) is 12.3 Å². The molecular weight excluding hydrogens is 599 g/mol. The van der Waals surface area contributed by atoms with Crippen molar-refractivity contribution in [3.8, 4) is 45.9 Å². The number of aromatic nitrogens is 3. The maximum absolute atomic E-state index is 11.0. The number of nitrogens with zero attached hydrogens (tertiary/aromatic N) is 5.